The third kappa shape index (κ3) is 5.52. The number of benzene rings is 2. The van der Waals surface area contributed by atoms with Crippen molar-refractivity contribution in [2.45, 2.75) is 13.5 Å². The van der Waals surface area contributed by atoms with Crippen molar-refractivity contribution in [3.05, 3.63) is 75.1 Å². The summed E-state index contributed by atoms with van der Waals surface area (Å²) >= 11 is 7.17. The molecular weight excluding hydrogens is 546 g/mol. The molecule has 166 valence electrons. The number of nitrogens with one attached hydrogen (secondary N) is 1. The maximum atomic E-state index is 13.1. The highest BCUT2D eigenvalue weighted by Gasteiger charge is 2.32. The molecule has 1 aliphatic rings. The van der Waals surface area contributed by atoms with Gasteiger partial charge in [-0.25, -0.2) is 4.39 Å². The molecule has 2 aromatic carbocycles. The van der Waals surface area contributed by atoms with E-state index in [0.29, 0.717) is 23.7 Å². The van der Waals surface area contributed by atoms with Crippen LogP contribution >= 0.6 is 34.8 Å². The van der Waals surface area contributed by atoms with Gasteiger partial charge in [-0.2, -0.15) is 0 Å². The number of carbonyl (C=O) groups excluding carboxylic acids is 2. The highest BCUT2D eigenvalue weighted by Crippen LogP contribution is 2.35. The maximum Gasteiger partial charge on any atom is 0.265 e. The van der Waals surface area contributed by atoms with Crippen LogP contribution in [0.4, 0.5) is 4.39 Å². The van der Waals surface area contributed by atoms with E-state index in [0.717, 1.165) is 9.13 Å². The van der Waals surface area contributed by atoms with Crippen molar-refractivity contribution in [1.82, 2.24) is 10.2 Å². The second kappa shape index (κ2) is 10.7. The number of thiocarbonyl (C=S) groups is 1. The lowest BCUT2D eigenvalue weighted by molar-refractivity contribution is -0.128. The van der Waals surface area contributed by atoms with Gasteiger partial charge in [0.2, 0.25) is 0 Å². The highest BCUT2D eigenvalue weighted by atomic mass is 127. The van der Waals surface area contributed by atoms with Gasteiger partial charge in [-0.15, -0.1) is 6.58 Å². The van der Waals surface area contributed by atoms with Crippen molar-refractivity contribution in [1.29, 1.82) is 0 Å². The van der Waals surface area contributed by atoms with Gasteiger partial charge in [-0.05, 0) is 83.2 Å². The van der Waals surface area contributed by atoms with Gasteiger partial charge in [0.05, 0.1) is 10.2 Å². The summed E-state index contributed by atoms with van der Waals surface area (Å²) in [6.07, 6.45) is 3.02. The molecule has 0 spiro atoms. The summed E-state index contributed by atoms with van der Waals surface area (Å²) in [5.41, 5.74) is 1.36. The maximum absolute atomic E-state index is 13.1. The van der Waals surface area contributed by atoms with Crippen LogP contribution in [0.25, 0.3) is 6.08 Å². The van der Waals surface area contributed by atoms with Gasteiger partial charge in [-0.3, -0.25) is 19.8 Å². The van der Waals surface area contributed by atoms with E-state index >= 15 is 0 Å². The number of halogens is 2. The van der Waals surface area contributed by atoms with E-state index in [1.165, 1.54) is 29.2 Å². The van der Waals surface area contributed by atoms with Crippen LogP contribution in [0.2, 0.25) is 0 Å². The predicted molar refractivity (Wildman–Crippen MR) is 132 cm³/mol. The number of rotatable bonds is 8. The fourth-order valence-corrected chi connectivity index (χ4v) is 4.00. The molecule has 0 unspecified atom stereocenters. The lowest BCUT2D eigenvalue weighted by Gasteiger charge is -2.27. The van der Waals surface area contributed by atoms with Crippen LogP contribution in [0, 0.1) is 9.39 Å². The van der Waals surface area contributed by atoms with E-state index in [1.807, 2.05) is 6.92 Å². The van der Waals surface area contributed by atoms with Crippen LogP contribution in [0.5, 0.6) is 11.5 Å². The van der Waals surface area contributed by atoms with Gasteiger partial charge in [0.1, 0.15) is 18.0 Å². The Morgan fingerprint density at radius 1 is 1.22 bits per heavy atom. The first-order valence-corrected chi connectivity index (χ1v) is 11.2. The average Bonchev–Trinajstić information content (AvgIpc) is 2.75. The number of ether oxygens (including phenoxy) is 2. The van der Waals surface area contributed by atoms with Gasteiger partial charge in [0, 0.05) is 6.54 Å². The summed E-state index contributed by atoms with van der Waals surface area (Å²) in [5.74, 6) is -0.388. The van der Waals surface area contributed by atoms with Gasteiger partial charge >= 0.3 is 0 Å². The quantitative estimate of drug-likeness (QED) is 0.171. The zero-order valence-corrected chi connectivity index (χ0v) is 20.2. The topological polar surface area (TPSA) is 67.9 Å². The van der Waals surface area contributed by atoms with Crippen molar-refractivity contribution in [2.75, 3.05) is 13.2 Å². The summed E-state index contributed by atoms with van der Waals surface area (Å²) < 4.78 is 25.5. The number of hydrogen-bond acceptors (Lipinski definition) is 5. The Morgan fingerprint density at radius 3 is 2.59 bits per heavy atom. The second-order valence-corrected chi connectivity index (χ2v) is 8.25. The fourth-order valence-electron chi connectivity index (χ4n) is 2.97. The first-order chi connectivity index (χ1) is 15.3. The molecule has 6 nitrogen and oxygen atoms in total. The molecule has 9 heteroatoms. The Kier molecular flexibility index (Phi) is 7.97. The van der Waals surface area contributed by atoms with Crippen LogP contribution in [0.15, 0.2) is 54.6 Å². The van der Waals surface area contributed by atoms with Gasteiger partial charge in [0.15, 0.2) is 16.6 Å². The third-order valence-electron chi connectivity index (χ3n) is 4.44. The zero-order chi connectivity index (χ0) is 23.3. The standard InChI is InChI=1S/C23H20FIN2O4S/c1-3-9-27-22(29)17(21(28)26-23(27)32)10-15-11-18(25)20(19(12-15)30-4-2)31-13-14-5-7-16(24)8-6-14/h3,5-8,10-12H,1,4,9,13H2,2H3,(H,26,28,32)/b17-10+. The van der Waals surface area contributed by atoms with Gasteiger partial charge in [-0.1, -0.05) is 18.2 Å². The summed E-state index contributed by atoms with van der Waals surface area (Å²) in [4.78, 5) is 26.4. The van der Waals surface area contributed by atoms with Crippen LogP contribution in [0.3, 0.4) is 0 Å². The van der Waals surface area contributed by atoms with Crippen LogP contribution < -0.4 is 14.8 Å². The third-order valence-corrected chi connectivity index (χ3v) is 5.56. The van der Waals surface area contributed by atoms with Crippen molar-refractivity contribution < 1.29 is 23.5 Å². The molecule has 0 aliphatic carbocycles. The van der Waals surface area contributed by atoms with E-state index in [4.69, 9.17) is 21.7 Å². The SMILES string of the molecule is C=CCN1C(=O)/C(=C/c2cc(I)c(OCc3ccc(F)cc3)c(OCC)c2)C(=O)NC1=S. The molecule has 1 heterocycles. The summed E-state index contributed by atoms with van der Waals surface area (Å²) in [7, 11) is 0. The molecule has 0 bridgehead atoms. The van der Waals surface area contributed by atoms with Crippen molar-refractivity contribution in [3.8, 4) is 11.5 Å². The Morgan fingerprint density at radius 2 is 1.94 bits per heavy atom. The molecule has 2 amide bonds. The Labute approximate surface area is 204 Å². The fraction of sp³-hybridized carbons (Fsp3) is 0.174. The van der Waals surface area contributed by atoms with Gasteiger partial charge < -0.3 is 9.47 Å². The van der Waals surface area contributed by atoms with E-state index in [1.54, 1.807) is 24.3 Å². The Hall–Kier alpha value is -2.79. The molecule has 0 aromatic heterocycles. The molecule has 2 aromatic rings. The number of nitrogens with zero attached hydrogens (tertiary/aromatic N) is 1. The molecule has 0 saturated carbocycles. The molecule has 1 aliphatic heterocycles. The largest absolute Gasteiger partial charge is 0.490 e. The normalized spacial score (nSPS) is 15.0. The van der Waals surface area contributed by atoms with Crippen molar-refractivity contribution in [3.63, 3.8) is 0 Å². The minimum atomic E-state index is -0.565. The van der Waals surface area contributed by atoms with Crippen molar-refractivity contribution in [2.24, 2.45) is 0 Å². The number of carbonyl (C=O) groups is 2. The van der Waals surface area contributed by atoms with E-state index in [9.17, 15) is 14.0 Å². The summed E-state index contributed by atoms with van der Waals surface area (Å²) in [6, 6.07) is 9.51. The molecule has 1 N–H and O–H groups in total. The second-order valence-electron chi connectivity index (χ2n) is 6.70. The summed E-state index contributed by atoms with van der Waals surface area (Å²) in [5, 5.41) is 2.57. The lowest BCUT2D eigenvalue weighted by Crippen LogP contribution is -2.53. The van der Waals surface area contributed by atoms with Gasteiger partial charge in [0.25, 0.3) is 11.8 Å². The molecule has 0 atom stereocenters. The van der Waals surface area contributed by atoms with Crippen LogP contribution in [0.1, 0.15) is 18.1 Å². The van der Waals surface area contributed by atoms with E-state index < -0.39 is 11.8 Å². The van der Waals surface area contributed by atoms with Crippen LogP contribution in [-0.4, -0.2) is 35.0 Å². The van der Waals surface area contributed by atoms with E-state index in [2.05, 4.69) is 34.5 Å². The zero-order valence-electron chi connectivity index (χ0n) is 17.2. The average molecular weight is 566 g/mol. The first kappa shape index (κ1) is 23.9. The molecule has 1 fully saturated rings. The van der Waals surface area contributed by atoms with Crippen molar-refractivity contribution >= 4 is 57.8 Å². The summed E-state index contributed by atoms with van der Waals surface area (Å²) in [6.45, 7) is 6.26. The lowest BCUT2D eigenvalue weighted by atomic mass is 10.1. The predicted octanol–water partition coefficient (Wildman–Crippen LogP) is 4.22. The van der Waals surface area contributed by atoms with E-state index in [-0.39, 0.29) is 29.7 Å². The Bertz CT molecular complexity index is 1100. The van der Waals surface area contributed by atoms with Crippen LogP contribution in [-0.2, 0) is 16.2 Å². The first-order valence-electron chi connectivity index (χ1n) is 9.67. The molecular formula is C23H20FIN2O4S. The number of amides is 2. The minimum absolute atomic E-state index is 0.0429. The smallest absolute Gasteiger partial charge is 0.265 e. The number of hydrogen-bond donors (Lipinski definition) is 1. The highest BCUT2D eigenvalue weighted by molar-refractivity contribution is 14.1. The Balaban J connectivity index is 1.91. The monoisotopic (exact) mass is 566 g/mol. The molecule has 32 heavy (non-hydrogen) atoms. The molecule has 0 radical (unpaired) electrons. The molecule has 3 rings (SSSR count). The minimum Gasteiger partial charge on any atom is -0.490 e. The molecule has 1 saturated heterocycles.